The van der Waals surface area contributed by atoms with Gasteiger partial charge in [-0.25, -0.2) is 4.98 Å². The molecule has 3 N–H and O–H groups in total. The molecule has 86 valence electrons. The maximum Gasteiger partial charge on any atom is 0.237 e. The zero-order valence-corrected chi connectivity index (χ0v) is 10.6. The smallest absolute Gasteiger partial charge is 0.237 e. The number of thiazole rings is 1. The van der Waals surface area contributed by atoms with Crippen molar-refractivity contribution in [3.05, 3.63) is 16.1 Å². The van der Waals surface area contributed by atoms with Gasteiger partial charge in [0.1, 0.15) is 0 Å². The molecule has 0 radical (unpaired) electrons. The Morgan fingerprint density at radius 3 is 2.60 bits per heavy atom. The van der Waals surface area contributed by atoms with Crippen LogP contribution >= 0.6 is 23.7 Å². The zero-order valence-electron chi connectivity index (χ0n) is 8.98. The summed E-state index contributed by atoms with van der Waals surface area (Å²) in [5.74, 6) is -0.134. The van der Waals surface area contributed by atoms with Gasteiger partial charge in [0.2, 0.25) is 5.91 Å². The average Bonchev–Trinajstić information content (AvgIpc) is 2.51. The summed E-state index contributed by atoms with van der Waals surface area (Å²) in [6.07, 6.45) is 0. The first-order chi connectivity index (χ1) is 6.52. The van der Waals surface area contributed by atoms with Gasteiger partial charge in [-0.3, -0.25) is 4.79 Å². The number of carbonyl (C=O) groups excluding carboxylic acids is 1. The van der Waals surface area contributed by atoms with Gasteiger partial charge in [0, 0.05) is 4.88 Å². The standard InChI is InChI=1S/C9H15N3OS.ClH/c1-5(10)9(13)12-7(3)8-6(2)11-4-14-8;/h4-5,7H,10H2,1-3H3,(H,12,13);1H/t5-,7?;/m1./s1. The van der Waals surface area contributed by atoms with Crippen LogP contribution in [0, 0.1) is 6.92 Å². The molecular weight excluding hydrogens is 234 g/mol. The summed E-state index contributed by atoms with van der Waals surface area (Å²) in [6, 6.07) is -0.480. The first-order valence-corrected chi connectivity index (χ1v) is 5.36. The molecule has 6 heteroatoms. The van der Waals surface area contributed by atoms with Crippen molar-refractivity contribution < 1.29 is 4.79 Å². The van der Waals surface area contributed by atoms with Gasteiger partial charge in [-0.1, -0.05) is 0 Å². The molecule has 0 saturated carbocycles. The zero-order chi connectivity index (χ0) is 10.7. The van der Waals surface area contributed by atoms with Crippen LogP contribution < -0.4 is 11.1 Å². The van der Waals surface area contributed by atoms with Crippen molar-refractivity contribution in [2.45, 2.75) is 32.9 Å². The average molecular weight is 250 g/mol. The second kappa shape index (κ2) is 6.05. The fourth-order valence-corrected chi connectivity index (χ4v) is 1.95. The third-order valence-electron chi connectivity index (χ3n) is 1.95. The second-order valence-corrected chi connectivity index (χ2v) is 4.21. The highest BCUT2D eigenvalue weighted by atomic mass is 35.5. The van der Waals surface area contributed by atoms with Gasteiger partial charge < -0.3 is 11.1 Å². The molecule has 0 aliphatic heterocycles. The van der Waals surface area contributed by atoms with Crippen LogP contribution in [0.4, 0.5) is 0 Å². The molecule has 0 bridgehead atoms. The largest absolute Gasteiger partial charge is 0.347 e. The highest BCUT2D eigenvalue weighted by Gasteiger charge is 2.15. The van der Waals surface area contributed by atoms with Gasteiger partial charge in [-0.05, 0) is 20.8 Å². The number of rotatable bonds is 3. The Labute approximate surface area is 99.7 Å². The van der Waals surface area contributed by atoms with E-state index in [2.05, 4.69) is 10.3 Å². The van der Waals surface area contributed by atoms with Crippen molar-refractivity contribution in [1.82, 2.24) is 10.3 Å². The van der Waals surface area contributed by atoms with E-state index in [0.29, 0.717) is 0 Å². The first kappa shape index (κ1) is 14.3. The minimum atomic E-state index is -0.467. The number of aryl methyl sites for hydroxylation is 1. The fourth-order valence-electron chi connectivity index (χ4n) is 1.14. The highest BCUT2D eigenvalue weighted by Crippen LogP contribution is 2.20. The normalized spacial score (nSPS) is 13.9. The summed E-state index contributed by atoms with van der Waals surface area (Å²) in [5, 5.41) is 2.83. The Morgan fingerprint density at radius 2 is 2.20 bits per heavy atom. The molecule has 0 aliphatic carbocycles. The van der Waals surface area contributed by atoms with Crippen LogP contribution in [0.15, 0.2) is 5.51 Å². The SMILES string of the molecule is Cc1ncsc1C(C)NC(=O)[C@@H](C)N.Cl. The Bertz CT molecular complexity index is 327. The van der Waals surface area contributed by atoms with E-state index in [1.165, 1.54) is 0 Å². The van der Waals surface area contributed by atoms with E-state index in [0.717, 1.165) is 10.6 Å². The fraction of sp³-hybridized carbons (Fsp3) is 0.556. The summed E-state index contributed by atoms with van der Waals surface area (Å²) in [4.78, 5) is 16.5. The molecule has 1 heterocycles. The molecule has 1 rings (SSSR count). The van der Waals surface area contributed by atoms with Crippen LogP contribution in [-0.4, -0.2) is 16.9 Å². The van der Waals surface area contributed by atoms with Crippen LogP contribution in [-0.2, 0) is 4.79 Å². The van der Waals surface area contributed by atoms with Crippen molar-refractivity contribution in [2.75, 3.05) is 0 Å². The van der Waals surface area contributed by atoms with Crippen LogP contribution in [0.3, 0.4) is 0 Å². The van der Waals surface area contributed by atoms with Crippen LogP contribution in [0.2, 0.25) is 0 Å². The molecule has 0 fully saturated rings. The Balaban J connectivity index is 0.00000196. The van der Waals surface area contributed by atoms with Crippen molar-refractivity contribution in [3.63, 3.8) is 0 Å². The number of aromatic nitrogens is 1. The lowest BCUT2D eigenvalue weighted by Crippen LogP contribution is -2.39. The first-order valence-electron chi connectivity index (χ1n) is 4.48. The molecule has 1 unspecified atom stereocenters. The summed E-state index contributed by atoms with van der Waals surface area (Å²) in [7, 11) is 0. The van der Waals surface area contributed by atoms with Gasteiger partial charge in [0.15, 0.2) is 0 Å². The minimum absolute atomic E-state index is 0. The van der Waals surface area contributed by atoms with Gasteiger partial charge in [-0.15, -0.1) is 23.7 Å². The molecule has 4 nitrogen and oxygen atoms in total. The van der Waals surface area contributed by atoms with E-state index in [9.17, 15) is 4.79 Å². The van der Waals surface area contributed by atoms with Crippen LogP contribution in [0.5, 0.6) is 0 Å². The minimum Gasteiger partial charge on any atom is -0.347 e. The van der Waals surface area contributed by atoms with E-state index >= 15 is 0 Å². The number of halogens is 1. The van der Waals surface area contributed by atoms with E-state index in [4.69, 9.17) is 5.73 Å². The molecule has 0 spiro atoms. The summed E-state index contributed by atoms with van der Waals surface area (Å²) < 4.78 is 0. The number of nitrogens with one attached hydrogen (secondary N) is 1. The molecule has 1 aromatic heterocycles. The van der Waals surface area contributed by atoms with E-state index in [1.54, 1.807) is 23.8 Å². The number of amides is 1. The maximum absolute atomic E-state index is 11.3. The Kier molecular flexibility index (Phi) is 5.79. The number of carbonyl (C=O) groups is 1. The predicted octanol–water partition coefficient (Wildman–Crippen LogP) is 1.40. The molecule has 0 aromatic carbocycles. The molecule has 0 saturated heterocycles. The third kappa shape index (κ3) is 3.77. The second-order valence-electron chi connectivity index (χ2n) is 3.32. The van der Waals surface area contributed by atoms with Crippen molar-refractivity contribution in [1.29, 1.82) is 0 Å². The lowest BCUT2D eigenvalue weighted by molar-refractivity contribution is -0.122. The Hall–Kier alpha value is -0.650. The molecular formula is C9H16ClN3OS. The lowest BCUT2D eigenvalue weighted by Gasteiger charge is -2.14. The summed E-state index contributed by atoms with van der Waals surface area (Å²) in [5.41, 5.74) is 8.19. The molecule has 0 aliphatic rings. The van der Waals surface area contributed by atoms with E-state index in [-0.39, 0.29) is 24.4 Å². The Morgan fingerprint density at radius 1 is 1.60 bits per heavy atom. The summed E-state index contributed by atoms with van der Waals surface area (Å²) in [6.45, 7) is 5.53. The van der Waals surface area contributed by atoms with E-state index in [1.807, 2.05) is 13.8 Å². The number of hydrogen-bond acceptors (Lipinski definition) is 4. The molecule has 1 aromatic rings. The van der Waals surface area contributed by atoms with Crippen LogP contribution in [0.1, 0.15) is 30.5 Å². The van der Waals surface area contributed by atoms with Crippen LogP contribution in [0.25, 0.3) is 0 Å². The molecule has 1 amide bonds. The summed E-state index contributed by atoms with van der Waals surface area (Å²) >= 11 is 1.54. The van der Waals surface area contributed by atoms with Crippen molar-refractivity contribution in [3.8, 4) is 0 Å². The van der Waals surface area contributed by atoms with E-state index < -0.39 is 6.04 Å². The maximum atomic E-state index is 11.3. The van der Waals surface area contributed by atoms with Crippen molar-refractivity contribution in [2.24, 2.45) is 5.73 Å². The third-order valence-corrected chi connectivity index (χ3v) is 3.06. The predicted molar refractivity (Wildman–Crippen MR) is 64.3 cm³/mol. The van der Waals surface area contributed by atoms with Gasteiger partial charge in [0.05, 0.1) is 23.3 Å². The highest BCUT2D eigenvalue weighted by molar-refractivity contribution is 7.09. The van der Waals surface area contributed by atoms with Crippen molar-refractivity contribution >= 4 is 29.7 Å². The van der Waals surface area contributed by atoms with Gasteiger partial charge in [-0.2, -0.15) is 0 Å². The molecule has 15 heavy (non-hydrogen) atoms. The number of hydrogen-bond donors (Lipinski definition) is 2. The number of nitrogens with zero attached hydrogens (tertiary/aromatic N) is 1. The number of nitrogens with two attached hydrogens (primary N) is 1. The van der Waals surface area contributed by atoms with Gasteiger partial charge >= 0.3 is 0 Å². The lowest BCUT2D eigenvalue weighted by atomic mass is 10.2. The quantitative estimate of drug-likeness (QED) is 0.851. The monoisotopic (exact) mass is 249 g/mol. The topological polar surface area (TPSA) is 68.0 Å². The van der Waals surface area contributed by atoms with Gasteiger partial charge in [0.25, 0.3) is 0 Å². The molecule has 2 atom stereocenters.